The number of amidine groups is 1. The van der Waals surface area contributed by atoms with Gasteiger partial charge in [0, 0.05) is 15.8 Å². The number of aryl methyl sites for hydroxylation is 1. The minimum absolute atomic E-state index is 0.0212. The summed E-state index contributed by atoms with van der Waals surface area (Å²) in [7, 11) is 0. The van der Waals surface area contributed by atoms with Gasteiger partial charge in [0.05, 0.1) is 4.88 Å². The van der Waals surface area contributed by atoms with E-state index in [4.69, 9.17) is 20.6 Å². The third-order valence-electron chi connectivity index (χ3n) is 4.89. The Labute approximate surface area is 190 Å². The number of hydrogen-bond donors (Lipinski definition) is 3. The highest BCUT2D eigenvalue weighted by Gasteiger charge is 2.19. The number of nitrogens with two attached hydrogens (primary N) is 1. The Kier molecular flexibility index (Phi) is 6.37. The molecule has 0 spiro atoms. The highest BCUT2D eigenvalue weighted by Crippen LogP contribution is 2.35. The molecule has 0 aliphatic rings. The van der Waals surface area contributed by atoms with Gasteiger partial charge in [-0.05, 0) is 42.8 Å². The number of hydrogen-bond acceptors (Lipinski definition) is 5. The molecule has 1 atom stereocenters. The second-order valence-electron chi connectivity index (χ2n) is 7.30. The van der Waals surface area contributed by atoms with Crippen molar-refractivity contribution in [3.05, 3.63) is 94.9 Å². The first-order chi connectivity index (χ1) is 15.5. The van der Waals surface area contributed by atoms with E-state index >= 15 is 0 Å². The monoisotopic (exact) mass is 445 g/mol. The van der Waals surface area contributed by atoms with E-state index in [-0.39, 0.29) is 12.4 Å². The number of thiophene rings is 1. The summed E-state index contributed by atoms with van der Waals surface area (Å²) >= 11 is 1.44. The minimum Gasteiger partial charge on any atom is -0.481 e. The molecule has 32 heavy (non-hydrogen) atoms. The zero-order valence-electron chi connectivity index (χ0n) is 17.5. The van der Waals surface area contributed by atoms with Crippen LogP contribution in [0, 0.1) is 12.3 Å². The Morgan fingerprint density at radius 3 is 2.53 bits per heavy atom. The Hall–Kier alpha value is -3.84. The van der Waals surface area contributed by atoms with Gasteiger partial charge in [0.25, 0.3) is 0 Å². The lowest BCUT2D eigenvalue weighted by Gasteiger charge is -2.20. The van der Waals surface area contributed by atoms with Gasteiger partial charge in [0.2, 0.25) is 0 Å². The van der Waals surface area contributed by atoms with Gasteiger partial charge in [0.1, 0.15) is 18.2 Å². The van der Waals surface area contributed by atoms with Gasteiger partial charge in [-0.15, -0.1) is 11.3 Å². The van der Waals surface area contributed by atoms with E-state index in [1.165, 1.54) is 11.3 Å². The number of nitrogens with one attached hydrogen (secondary N) is 2. The van der Waals surface area contributed by atoms with Crippen LogP contribution in [0.25, 0.3) is 10.1 Å². The molecular formula is C25H23N3O3S. The smallest absolute Gasteiger partial charge is 0.411 e. The summed E-state index contributed by atoms with van der Waals surface area (Å²) in [6, 6.07) is 24.7. The lowest BCUT2D eigenvalue weighted by molar-refractivity contribution is 0.0910. The summed E-state index contributed by atoms with van der Waals surface area (Å²) < 4.78 is 12.8. The number of fused-ring (bicyclic) bond motifs is 1. The average Bonchev–Trinajstić information content (AvgIpc) is 3.24. The number of carbonyl (C=O) groups excluding carboxylic acids is 1. The first kappa shape index (κ1) is 21.4. The van der Waals surface area contributed by atoms with Crippen LogP contribution >= 0.6 is 11.3 Å². The number of carbonyl (C=O) groups is 1. The van der Waals surface area contributed by atoms with Crippen molar-refractivity contribution in [3.8, 4) is 5.75 Å². The van der Waals surface area contributed by atoms with E-state index in [1.54, 1.807) is 0 Å². The summed E-state index contributed by atoms with van der Waals surface area (Å²) in [6.07, 6.45) is -1.06. The molecule has 6 nitrogen and oxygen atoms in total. The minimum atomic E-state index is -0.550. The Morgan fingerprint density at radius 2 is 1.81 bits per heavy atom. The van der Waals surface area contributed by atoms with Crippen molar-refractivity contribution >= 4 is 39.0 Å². The van der Waals surface area contributed by atoms with Gasteiger partial charge in [-0.2, -0.15) is 0 Å². The molecule has 4 aromatic rings. The molecule has 4 rings (SSSR count). The number of benzene rings is 3. The maximum absolute atomic E-state index is 12.4. The number of nitrogen functional groups attached to an aromatic ring is 1. The molecular weight excluding hydrogens is 422 g/mol. The fraction of sp³-hybridized carbons (Fsp3) is 0.120. The topological polar surface area (TPSA) is 97.4 Å². The number of rotatable bonds is 7. The van der Waals surface area contributed by atoms with E-state index in [0.717, 1.165) is 21.2 Å². The summed E-state index contributed by atoms with van der Waals surface area (Å²) in [5, 5.41) is 11.3. The number of ether oxygens (including phenoxy) is 2. The van der Waals surface area contributed by atoms with Crippen LogP contribution < -0.4 is 15.8 Å². The van der Waals surface area contributed by atoms with Crippen LogP contribution in [0.5, 0.6) is 5.75 Å². The van der Waals surface area contributed by atoms with E-state index in [1.807, 2.05) is 85.8 Å². The highest BCUT2D eigenvalue weighted by molar-refractivity contribution is 7.20. The normalized spacial score (nSPS) is 11.7. The summed E-state index contributed by atoms with van der Waals surface area (Å²) in [6.45, 7) is 2.01. The lowest BCUT2D eigenvalue weighted by Crippen LogP contribution is -2.21. The predicted molar refractivity (Wildman–Crippen MR) is 129 cm³/mol. The fourth-order valence-electron chi connectivity index (χ4n) is 3.23. The van der Waals surface area contributed by atoms with E-state index in [9.17, 15) is 4.79 Å². The van der Waals surface area contributed by atoms with E-state index in [0.29, 0.717) is 16.3 Å². The lowest BCUT2D eigenvalue weighted by atomic mass is 10.1. The SMILES string of the molecule is Cc1ccc(NC(=O)OC[C@H](Oc2cccc3sc(C(=N)N)cc23)c2ccccc2)cc1. The molecule has 0 aliphatic carbocycles. The molecule has 0 unspecified atom stereocenters. The Bertz CT molecular complexity index is 1240. The Balaban J connectivity index is 1.53. The van der Waals surface area contributed by atoms with Crippen molar-refractivity contribution in [2.24, 2.45) is 5.73 Å². The zero-order chi connectivity index (χ0) is 22.5. The first-order valence-corrected chi connectivity index (χ1v) is 10.9. The Morgan fingerprint density at radius 1 is 1.06 bits per heavy atom. The van der Waals surface area contributed by atoms with Gasteiger partial charge in [-0.25, -0.2) is 4.79 Å². The van der Waals surface area contributed by atoms with E-state index in [2.05, 4.69) is 5.32 Å². The van der Waals surface area contributed by atoms with Gasteiger partial charge >= 0.3 is 6.09 Å². The molecule has 1 amide bonds. The molecule has 0 saturated heterocycles. The van der Waals surface area contributed by atoms with Crippen LogP contribution in [0.2, 0.25) is 0 Å². The summed E-state index contributed by atoms with van der Waals surface area (Å²) in [5.41, 5.74) is 8.32. The third-order valence-corrected chi connectivity index (χ3v) is 6.02. The van der Waals surface area contributed by atoms with Crippen LogP contribution in [0.1, 0.15) is 22.1 Å². The first-order valence-electron chi connectivity index (χ1n) is 10.1. The second kappa shape index (κ2) is 9.53. The molecule has 0 saturated carbocycles. The zero-order valence-corrected chi connectivity index (χ0v) is 18.3. The maximum atomic E-state index is 12.4. The maximum Gasteiger partial charge on any atom is 0.411 e. The fourth-order valence-corrected chi connectivity index (χ4v) is 4.17. The van der Waals surface area contributed by atoms with E-state index < -0.39 is 12.2 Å². The van der Waals surface area contributed by atoms with Crippen molar-refractivity contribution in [2.75, 3.05) is 11.9 Å². The molecule has 1 heterocycles. The third kappa shape index (κ3) is 5.07. The largest absolute Gasteiger partial charge is 0.481 e. The standard InChI is InChI=1S/C25H23N3O3S/c1-16-10-12-18(13-11-16)28-25(29)30-15-21(17-6-3-2-4-7-17)31-20-8-5-9-22-19(20)14-23(32-22)24(26)27/h2-14,21H,15H2,1H3,(H3,26,27)(H,28,29)/t21-/m0/s1. The van der Waals surface area contributed by atoms with Crippen molar-refractivity contribution in [3.63, 3.8) is 0 Å². The van der Waals surface area contributed by atoms with Crippen LogP contribution in [-0.2, 0) is 4.74 Å². The number of amides is 1. The van der Waals surface area contributed by atoms with Crippen LogP contribution in [0.4, 0.5) is 10.5 Å². The summed E-state index contributed by atoms with van der Waals surface area (Å²) in [4.78, 5) is 13.0. The van der Waals surface area contributed by atoms with Crippen molar-refractivity contribution < 1.29 is 14.3 Å². The van der Waals surface area contributed by atoms with Gasteiger partial charge in [-0.1, -0.05) is 54.1 Å². The molecule has 0 radical (unpaired) electrons. The molecule has 7 heteroatoms. The van der Waals surface area contributed by atoms with Crippen LogP contribution in [-0.4, -0.2) is 18.5 Å². The van der Waals surface area contributed by atoms with Crippen molar-refractivity contribution in [1.82, 2.24) is 0 Å². The molecule has 3 aromatic carbocycles. The molecule has 4 N–H and O–H groups in total. The molecule has 0 bridgehead atoms. The summed E-state index contributed by atoms with van der Waals surface area (Å²) in [5.74, 6) is 0.663. The van der Waals surface area contributed by atoms with Crippen molar-refractivity contribution in [1.29, 1.82) is 5.41 Å². The van der Waals surface area contributed by atoms with Gasteiger partial charge in [0.15, 0.2) is 6.10 Å². The van der Waals surface area contributed by atoms with Crippen LogP contribution in [0.3, 0.4) is 0 Å². The highest BCUT2D eigenvalue weighted by atomic mass is 32.1. The molecule has 0 fully saturated rings. The van der Waals surface area contributed by atoms with Crippen molar-refractivity contribution in [2.45, 2.75) is 13.0 Å². The number of anilines is 1. The van der Waals surface area contributed by atoms with Gasteiger partial charge < -0.3 is 15.2 Å². The quantitative estimate of drug-likeness (QED) is 0.245. The van der Waals surface area contributed by atoms with Gasteiger partial charge in [-0.3, -0.25) is 10.7 Å². The molecule has 162 valence electrons. The van der Waals surface area contributed by atoms with Crippen LogP contribution in [0.15, 0.2) is 78.9 Å². The predicted octanol–water partition coefficient (Wildman–Crippen LogP) is 5.86. The average molecular weight is 446 g/mol. The molecule has 0 aliphatic heterocycles. The second-order valence-corrected chi connectivity index (χ2v) is 8.38. The molecule has 1 aromatic heterocycles.